The predicted molar refractivity (Wildman–Crippen MR) is 180 cm³/mol. The van der Waals surface area contributed by atoms with E-state index in [1.807, 2.05) is 60.7 Å². The third kappa shape index (κ3) is 3.84. The van der Waals surface area contributed by atoms with Crippen molar-refractivity contribution < 1.29 is 0 Å². The van der Waals surface area contributed by atoms with E-state index < -0.39 is 0 Å². The quantitative estimate of drug-likeness (QED) is 0.211. The molecule has 0 aliphatic heterocycles. The van der Waals surface area contributed by atoms with Crippen molar-refractivity contribution in [3.63, 3.8) is 0 Å². The van der Waals surface area contributed by atoms with Crippen LogP contribution in [0, 0.1) is 34.0 Å². The summed E-state index contributed by atoms with van der Waals surface area (Å²) in [6.45, 7) is 2.24. The molecule has 0 radical (unpaired) electrons. The number of allylic oxidation sites excluding steroid dienone is 4. The molecule has 8 rings (SSSR count). The minimum absolute atomic E-state index is 0.355. The van der Waals surface area contributed by atoms with Crippen LogP contribution in [0.4, 0.5) is 0 Å². The van der Waals surface area contributed by atoms with Crippen molar-refractivity contribution >= 4 is 49.2 Å². The molecule has 0 saturated heterocycles. The van der Waals surface area contributed by atoms with E-state index in [0.717, 1.165) is 66.9 Å². The third-order valence-electron chi connectivity index (χ3n) is 9.16. The van der Waals surface area contributed by atoms with E-state index >= 15 is 0 Å². The predicted octanol–water partition coefficient (Wildman–Crippen LogP) is 9.27. The largest absolute Gasteiger partial charge is 0.331 e. The number of hydrogen-bond acceptors (Lipinski definition) is 3. The van der Waals surface area contributed by atoms with Gasteiger partial charge in [0.05, 0.1) is 51.1 Å². The van der Waals surface area contributed by atoms with Crippen molar-refractivity contribution in [3.05, 3.63) is 144 Å². The second-order valence-electron chi connectivity index (χ2n) is 11.8. The van der Waals surface area contributed by atoms with Gasteiger partial charge in [-0.1, -0.05) is 66.8 Å². The Morgan fingerprint density at radius 2 is 1.22 bits per heavy atom. The zero-order valence-electron chi connectivity index (χ0n) is 24.5. The van der Waals surface area contributed by atoms with E-state index in [0.29, 0.717) is 16.7 Å². The molecule has 1 aliphatic rings. The Hall–Kier alpha value is -6.35. The first-order chi connectivity index (χ1) is 22.0. The first-order valence-corrected chi connectivity index (χ1v) is 14.8. The fourth-order valence-electron chi connectivity index (χ4n) is 7.07. The highest BCUT2D eigenvalue weighted by molar-refractivity contribution is 6.11. The topological polar surface area (TPSA) is 81.2 Å². The van der Waals surface area contributed by atoms with Crippen LogP contribution in [0.5, 0.6) is 0 Å². The Bertz CT molecular complexity index is 2570. The molecule has 45 heavy (non-hydrogen) atoms. The van der Waals surface area contributed by atoms with Gasteiger partial charge in [0, 0.05) is 38.1 Å². The molecule has 0 bridgehead atoms. The Morgan fingerprint density at radius 3 is 1.89 bits per heavy atom. The van der Waals surface area contributed by atoms with Gasteiger partial charge in [0.25, 0.3) is 0 Å². The Labute approximate surface area is 260 Å². The molecule has 1 aliphatic carbocycles. The number of nitrogens with zero attached hydrogens (tertiary/aromatic N) is 5. The van der Waals surface area contributed by atoms with Gasteiger partial charge >= 0.3 is 0 Å². The molecular formula is C40H25N5. The highest BCUT2D eigenvalue weighted by Crippen LogP contribution is 2.42. The van der Waals surface area contributed by atoms with Crippen LogP contribution in [-0.4, -0.2) is 9.13 Å². The summed E-state index contributed by atoms with van der Waals surface area (Å²) in [5.74, 6) is 0. The van der Waals surface area contributed by atoms with E-state index in [9.17, 15) is 15.8 Å². The van der Waals surface area contributed by atoms with E-state index in [1.165, 1.54) is 0 Å². The van der Waals surface area contributed by atoms with Crippen LogP contribution in [0.3, 0.4) is 0 Å². The number of aromatic nitrogens is 2. The number of fused-ring (bicyclic) bond motifs is 6. The fraction of sp³-hybridized carbons (Fsp3) is 0.0750. The lowest BCUT2D eigenvalue weighted by Crippen LogP contribution is -2.28. The number of para-hydroxylation sites is 3. The normalized spacial score (nSPS) is 16.1. The van der Waals surface area contributed by atoms with Crippen molar-refractivity contribution in [3.8, 4) is 23.9 Å². The lowest BCUT2D eigenvalue weighted by Gasteiger charge is -2.32. The third-order valence-corrected chi connectivity index (χ3v) is 9.16. The summed E-state index contributed by atoms with van der Waals surface area (Å²) in [6.07, 6.45) is 7.45. The van der Waals surface area contributed by atoms with Crippen molar-refractivity contribution in [2.45, 2.75) is 18.9 Å². The SMILES string of the molecule is CC1(n2c3ccccc3c3cc(C#N)ccc32)C=CC(c2cccc(C#N)c2-n2c3ccccc3c3cc(C#N)ccc32)=CC1. The molecule has 5 nitrogen and oxygen atoms in total. The Morgan fingerprint density at radius 1 is 0.622 bits per heavy atom. The van der Waals surface area contributed by atoms with Crippen LogP contribution < -0.4 is 0 Å². The van der Waals surface area contributed by atoms with Gasteiger partial charge in [0.2, 0.25) is 0 Å². The maximum atomic E-state index is 10.3. The van der Waals surface area contributed by atoms with Gasteiger partial charge in [-0.3, -0.25) is 0 Å². The van der Waals surface area contributed by atoms with Gasteiger partial charge in [-0.15, -0.1) is 0 Å². The molecule has 5 heteroatoms. The molecule has 0 fully saturated rings. The summed E-state index contributed by atoms with van der Waals surface area (Å²) in [6, 6.07) is 41.1. The van der Waals surface area contributed by atoms with Crippen LogP contribution in [0.25, 0.3) is 54.9 Å². The first-order valence-electron chi connectivity index (χ1n) is 14.8. The summed E-state index contributed by atoms with van der Waals surface area (Å²) in [4.78, 5) is 0. The van der Waals surface area contributed by atoms with Gasteiger partial charge in [-0.05, 0) is 73.5 Å². The second kappa shape index (κ2) is 9.85. The molecule has 7 aromatic rings. The lowest BCUT2D eigenvalue weighted by atomic mass is 9.86. The second-order valence-corrected chi connectivity index (χ2v) is 11.8. The number of nitriles is 3. The van der Waals surface area contributed by atoms with Crippen LogP contribution in [0.2, 0.25) is 0 Å². The van der Waals surface area contributed by atoms with Crippen LogP contribution in [0.15, 0.2) is 121 Å². The summed E-state index contributed by atoms with van der Waals surface area (Å²) in [5, 5.41) is 33.7. The molecule has 1 unspecified atom stereocenters. The average Bonchev–Trinajstić information content (AvgIpc) is 3.60. The molecule has 0 saturated carbocycles. The summed E-state index contributed by atoms with van der Waals surface area (Å²) < 4.78 is 4.55. The van der Waals surface area contributed by atoms with Gasteiger partial charge in [-0.2, -0.15) is 15.8 Å². The number of rotatable bonds is 3. The highest BCUT2D eigenvalue weighted by Gasteiger charge is 2.30. The van der Waals surface area contributed by atoms with Crippen LogP contribution in [-0.2, 0) is 5.54 Å². The number of hydrogen-bond donors (Lipinski definition) is 0. The molecule has 1 atom stereocenters. The lowest BCUT2D eigenvalue weighted by molar-refractivity contribution is 0.438. The van der Waals surface area contributed by atoms with E-state index in [-0.39, 0.29) is 5.54 Å². The van der Waals surface area contributed by atoms with Gasteiger partial charge in [0.15, 0.2) is 0 Å². The standard InChI is InChI=1S/C40H25N5/c1-40(45-37-12-5-3-9-32(37)34-22-27(24-42)14-16-38(34)45)19-17-28(18-20-40)30-10-6-7-29(25-43)39(30)44-35-11-4-2-8-31(35)33-21-26(23-41)13-15-36(33)44/h2-19,21-22H,20H2,1H3. The summed E-state index contributed by atoms with van der Waals surface area (Å²) in [5.41, 5.74) is 8.48. The molecule has 2 heterocycles. The molecule has 0 amide bonds. The minimum atomic E-state index is -0.355. The van der Waals surface area contributed by atoms with Crippen molar-refractivity contribution in [2.75, 3.05) is 0 Å². The molecular weight excluding hydrogens is 550 g/mol. The summed E-state index contributed by atoms with van der Waals surface area (Å²) in [7, 11) is 0. The zero-order valence-corrected chi connectivity index (χ0v) is 24.5. The molecule has 0 N–H and O–H groups in total. The van der Waals surface area contributed by atoms with E-state index in [4.69, 9.17) is 0 Å². The van der Waals surface area contributed by atoms with E-state index in [2.05, 4.69) is 95.0 Å². The Balaban J connectivity index is 1.31. The van der Waals surface area contributed by atoms with Crippen molar-refractivity contribution in [2.24, 2.45) is 0 Å². The van der Waals surface area contributed by atoms with Gasteiger partial charge in [-0.25, -0.2) is 0 Å². The summed E-state index contributed by atoms with van der Waals surface area (Å²) >= 11 is 0. The first kappa shape index (κ1) is 26.3. The van der Waals surface area contributed by atoms with Crippen LogP contribution >= 0.6 is 0 Å². The van der Waals surface area contributed by atoms with Crippen molar-refractivity contribution in [1.29, 1.82) is 15.8 Å². The Kier molecular flexibility index (Phi) is 5.76. The molecule has 5 aromatic carbocycles. The molecule has 210 valence electrons. The zero-order chi connectivity index (χ0) is 30.7. The molecule has 2 aromatic heterocycles. The van der Waals surface area contributed by atoms with Crippen molar-refractivity contribution in [1.82, 2.24) is 9.13 Å². The molecule has 0 spiro atoms. The van der Waals surface area contributed by atoms with Crippen LogP contribution in [0.1, 0.15) is 35.6 Å². The fourth-order valence-corrected chi connectivity index (χ4v) is 7.07. The van der Waals surface area contributed by atoms with E-state index in [1.54, 1.807) is 0 Å². The monoisotopic (exact) mass is 575 g/mol. The van der Waals surface area contributed by atoms with Gasteiger partial charge < -0.3 is 9.13 Å². The average molecular weight is 576 g/mol. The smallest absolute Gasteiger partial charge is 0.101 e. The minimum Gasteiger partial charge on any atom is -0.331 e. The maximum Gasteiger partial charge on any atom is 0.101 e. The highest BCUT2D eigenvalue weighted by atomic mass is 15.1. The van der Waals surface area contributed by atoms with Gasteiger partial charge in [0.1, 0.15) is 6.07 Å². The number of benzene rings is 5. The maximum absolute atomic E-state index is 10.3.